The van der Waals surface area contributed by atoms with E-state index in [0.29, 0.717) is 6.54 Å². The number of amides is 1. The molecule has 182 valence electrons. The first-order valence-corrected chi connectivity index (χ1v) is 12.4. The van der Waals surface area contributed by atoms with Crippen LogP contribution in [0.5, 0.6) is 0 Å². The highest BCUT2D eigenvalue weighted by atomic mass is 32.2. The molecule has 0 saturated heterocycles. The zero-order valence-electron chi connectivity index (χ0n) is 20.6. The largest absolute Gasteiger partial charge is 0.378 e. The van der Waals surface area contributed by atoms with Crippen LogP contribution in [0.2, 0.25) is 0 Å². The van der Waals surface area contributed by atoms with Gasteiger partial charge in [0.25, 0.3) is 5.91 Å². The van der Waals surface area contributed by atoms with Gasteiger partial charge in [0.2, 0.25) is 10.0 Å². The maximum absolute atomic E-state index is 13.1. The van der Waals surface area contributed by atoms with E-state index in [9.17, 15) is 13.2 Å². The Morgan fingerprint density at radius 2 is 1.24 bits per heavy atom. The first-order chi connectivity index (χ1) is 16.0. The van der Waals surface area contributed by atoms with Crippen LogP contribution in [0.15, 0.2) is 65.7 Å². The second-order valence-electron chi connectivity index (χ2n) is 8.79. The lowest BCUT2D eigenvalue weighted by Crippen LogP contribution is -2.27. The summed E-state index contributed by atoms with van der Waals surface area (Å²) >= 11 is 0. The third-order valence-corrected chi connectivity index (χ3v) is 7.45. The number of nitrogens with zero attached hydrogens (tertiary/aromatic N) is 4. The van der Waals surface area contributed by atoms with Gasteiger partial charge in [0, 0.05) is 72.9 Å². The molecule has 0 spiro atoms. The predicted octanol–water partition coefficient (Wildman–Crippen LogP) is 3.24. The smallest absolute Gasteiger partial charge is 0.270 e. The molecule has 0 unspecified atom stereocenters. The maximum Gasteiger partial charge on any atom is 0.270 e. The number of anilines is 2. The Kier molecular flexibility index (Phi) is 7.68. The Balaban J connectivity index is 1.67. The fraction of sp³-hybridized carbons (Fsp3) is 0.320. The van der Waals surface area contributed by atoms with Crippen molar-refractivity contribution in [2.75, 3.05) is 52.1 Å². The van der Waals surface area contributed by atoms with Crippen molar-refractivity contribution in [3.63, 3.8) is 0 Å². The van der Waals surface area contributed by atoms with E-state index < -0.39 is 10.0 Å². The van der Waals surface area contributed by atoms with Gasteiger partial charge in [-0.15, -0.1) is 0 Å². The number of hydrogen-bond acceptors (Lipinski definition) is 5. The standard InChI is InChI=1S/C25H33N5O3S/c1-27(2)21-11-7-19(8-12-21)17-29(5)25(31)24-15-23(16-26-24)34(32,33)30(6)18-20-9-13-22(14-10-20)28(3)4/h7-16,26H,17-18H2,1-6H3. The minimum atomic E-state index is -3.76. The van der Waals surface area contributed by atoms with Crippen molar-refractivity contribution >= 4 is 27.3 Å². The van der Waals surface area contributed by atoms with Crippen molar-refractivity contribution < 1.29 is 13.2 Å². The molecule has 0 aliphatic carbocycles. The summed E-state index contributed by atoms with van der Waals surface area (Å²) in [4.78, 5) is 21.3. The molecule has 0 aliphatic rings. The third-order valence-electron chi connectivity index (χ3n) is 5.67. The van der Waals surface area contributed by atoms with Gasteiger partial charge >= 0.3 is 0 Å². The molecule has 1 aromatic heterocycles. The van der Waals surface area contributed by atoms with E-state index in [4.69, 9.17) is 0 Å². The number of nitrogens with one attached hydrogen (secondary N) is 1. The lowest BCUT2D eigenvalue weighted by atomic mass is 10.2. The van der Waals surface area contributed by atoms with E-state index in [2.05, 4.69) is 4.98 Å². The summed E-state index contributed by atoms with van der Waals surface area (Å²) in [6.45, 7) is 0.643. The van der Waals surface area contributed by atoms with Crippen LogP contribution in [-0.4, -0.2) is 70.8 Å². The number of benzene rings is 2. The molecule has 0 bridgehead atoms. The first kappa shape index (κ1) is 25.3. The van der Waals surface area contributed by atoms with E-state index >= 15 is 0 Å². The predicted molar refractivity (Wildman–Crippen MR) is 137 cm³/mol. The summed E-state index contributed by atoms with van der Waals surface area (Å²) in [5, 5.41) is 0. The molecule has 1 heterocycles. The molecule has 8 nitrogen and oxygen atoms in total. The van der Waals surface area contributed by atoms with E-state index in [0.717, 1.165) is 22.5 Å². The number of carbonyl (C=O) groups is 1. The summed E-state index contributed by atoms with van der Waals surface area (Å²) in [6, 6.07) is 17.1. The van der Waals surface area contributed by atoms with E-state index in [-0.39, 0.29) is 23.0 Å². The quantitative estimate of drug-likeness (QED) is 0.506. The maximum atomic E-state index is 13.1. The monoisotopic (exact) mass is 483 g/mol. The fourth-order valence-corrected chi connectivity index (χ4v) is 4.67. The number of carbonyl (C=O) groups excluding carboxylic acids is 1. The van der Waals surface area contributed by atoms with E-state index in [1.54, 1.807) is 11.9 Å². The Morgan fingerprint density at radius 3 is 1.71 bits per heavy atom. The number of hydrogen-bond donors (Lipinski definition) is 1. The molecule has 0 radical (unpaired) electrons. The van der Waals surface area contributed by atoms with Gasteiger partial charge in [-0.3, -0.25) is 4.79 Å². The molecule has 3 rings (SSSR count). The minimum absolute atomic E-state index is 0.0620. The highest BCUT2D eigenvalue weighted by molar-refractivity contribution is 7.89. The molecule has 1 amide bonds. The molecule has 0 aliphatic heterocycles. The molecule has 0 atom stereocenters. The second-order valence-corrected chi connectivity index (χ2v) is 10.8. The van der Waals surface area contributed by atoms with E-state index in [1.165, 1.54) is 23.6 Å². The van der Waals surface area contributed by atoms with Crippen LogP contribution in [0.4, 0.5) is 11.4 Å². The lowest BCUT2D eigenvalue weighted by molar-refractivity contribution is 0.0780. The Morgan fingerprint density at radius 1 is 0.765 bits per heavy atom. The van der Waals surface area contributed by atoms with Crippen LogP contribution in [-0.2, 0) is 23.1 Å². The van der Waals surface area contributed by atoms with Gasteiger partial charge in [0.15, 0.2) is 0 Å². The molecule has 1 N–H and O–H groups in total. The van der Waals surface area contributed by atoms with Gasteiger partial charge in [-0.05, 0) is 41.5 Å². The van der Waals surface area contributed by atoms with Gasteiger partial charge in [-0.1, -0.05) is 24.3 Å². The van der Waals surface area contributed by atoms with Gasteiger partial charge in [0.05, 0.1) is 0 Å². The van der Waals surface area contributed by atoms with Crippen molar-refractivity contribution in [3.05, 3.63) is 77.6 Å². The summed E-state index contributed by atoms with van der Waals surface area (Å²) in [5.41, 5.74) is 4.22. The number of aromatic nitrogens is 1. The van der Waals surface area contributed by atoms with Gasteiger partial charge in [-0.2, -0.15) is 4.31 Å². The topological polar surface area (TPSA) is 80.0 Å². The molecule has 3 aromatic rings. The number of rotatable bonds is 9. The Labute approximate surface area is 202 Å². The summed E-state index contributed by atoms with van der Waals surface area (Å²) in [7, 11) is 7.32. The normalized spacial score (nSPS) is 11.5. The van der Waals surface area contributed by atoms with Gasteiger partial charge in [-0.25, -0.2) is 8.42 Å². The lowest BCUT2D eigenvalue weighted by Gasteiger charge is -2.18. The van der Waals surface area contributed by atoms with Crippen molar-refractivity contribution in [2.45, 2.75) is 18.0 Å². The molecule has 2 aromatic carbocycles. The highest BCUT2D eigenvalue weighted by Crippen LogP contribution is 2.21. The average molecular weight is 484 g/mol. The third kappa shape index (κ3) is 5.78. The fourth-order valence-electron chi connectivity index (χ4n) is 3.52. The molecule has 34 heavy (non-hydrogen) atoms. The van der Waals surface area contributed by atoms with Crippen LogP contribution in [0, 0.1) is 0 Å². The number of aromatic amines is 1. The number of H-pyrrole nitrogens is 1. The van der Waals surface area contributed by atoms with Gasteiger partial charge in [0.1, 0.15) is 10.6 Å². The Bertz CT molecular complexity index is 1220. The van der Waals surface area contributed by atoms with Crippen LogP contribution in [0.3, 0.4) is 0 Å². The van der Waals surface area contributed by atoms with E-state index in [1.807, 2.05) is 86.5 Å². The van der Waals surface area contributed by atoms with Crippen molar-refractivity contribution in [3.8, 4) is 0 Å². The van der Waals surface area contributed by atoms with Crippen molar-refractivity contribution in [1.82, 2.24) is 14.2 Å². The molecule has 0 saturated carbocycles. The van der Waals surface area contributed by atoms with Crippen molar-refractivity contribution in [1.29, 1.82) is 0 Å². The zero-order chi connectivity index (χ0) is 25.0. The Hall–Kier alpha value is -3.30. The molecule has 0 fully saturated rings. The molecular formula is C25H33N5O3S. The molecule has 9 heteroatoms. The summed E-state index contributed by atoms with van der Waals surface area (Å²) < 4.78 is 27.4. The summed E-state index contributed by atoms with van der Waals surface area (Å²) in [5.74, 6) is -0.278. The number of sulfonamides is 1. The van der Waals surface area contributed by atoms with Crippen LogP contribution in [0.1, 0.15) is 21.6 Å². The van der Waals surface area contributed by atoms with Crippen LogP contribution in [0.25, 0.3) is 0 Å². The van der Waals surface area contributed by atoms with Crippen LogP contribution >= 0.6 is 0 Å². The van der Waals surface area contributed by atoms with Crippen molar-refractivity contribution in [2.24, 2.45) is 0 Å². The summed E-state index contributed by atoms with van der Waals surface area (Å²) in [6.07, 6.45) is 1.37. The zero-order valence-corrected chi connectivity index (χ0v) is 21.4. The van der Waals surface area contributed by atoms with Gasteiger partial charge < -0.3 is 19.7 Å². The first-order valence-electron chi connectivity index (χ1n) is 10.9. The molecular weight excluding hydrogens is 450 g/mol. The van der Waals surface area contributed by atoms with Crippen LogP contribution < -0.4 is 9.80 Å². The average Bonchev–Trinajstić information content (AvgIpc) is 3.30. The highest BCUT2D eigenvalue weighted by Gasteiger charge is 2.24. The second kappa shape index (κ2) is 10.3. The minimum Gasteiger partial charge on any atom is -0.378 e. The SMILES string of the molecule is CN(Cc1ccc(N(C)C)cc1)C(=O)c1cc(S(=O)(=O)N(C)Cc2ccc(N(C)C)cc2)c[nH]1.